The van der Waals surface area contributed by atoms with E-state index in [0.717, 1.165) is 32.1 Å². The Morgan fingerprint density at radius 3 is 2.44 bits per heavy atom. The van der Waals surface area contributed by atoms with Crippen LogP contribution in [0.4, 0.5) is 0 Å². The molecule has 0 heterocycles. The van der Waals surface area contributed by atoms with Crippen LogP contribution in [0.2, 0.25) is 0 Å². The summed E-state index contributed by atoms with van der Waals surface area (Å²) in [4.78, 5) is 10.3. The Labute approximate surface area is 113 Å². The lowest BCUT2D eigenvalue weighted by Gasteiger charge is -2.21. The van der Waals surface area contributed by atoms with Gasteiger partial charge in [-0.25, -0.2) is 0 Å². The molecule has 0 saturated heterocycles. The molecule has 106 valence electrons. The highest BCUT2D eigenvalue weighted by molar-refractivity contribution is 6.21. The molecule has 1 aliphatic rings. The van der Waals surface area contributed by atoms with Crippen molar-refractivity contribution in [2.45, 2.75) is 56.4 Å². The molecule has 18 heavy (non-hydrogen) atoms. The van der Waals surface area contributed by atoms with Crippen molar-refractivity contribution in [1.82, 2.24) is 0 Å². The lowest BCUT2D eigenvalue weighted by molar-refractivity contribution is -0.137. The second-order valence-electron chi connectivity index (χ2n) is 5.18. The molecule has 0 spiro atoms. The molecule has 3 N–H and O–H groups in total. The zero-order valence-electron chi connectivity index (χ0n) is 10.6. The first kappa shape index (κ1) is 15.7. The van der Waals surface area contributed by atoms with Crippen molar-refractivity contribution in [3.8, 4) is 0 Å². The van der Waals surface area contributed by atoms with E-state index in [2.05, 4.69) is 0 Å². The van der Waals surface area contributed by atoms with Gasteiger partial charge in [-0.05, 0) is 25.2 Å². The lowest BCUT2D eigenvalue weighted by Crippen LogP contribution is -2.24. The van der Waals surface area contributed by atoms with Crippen molar-refractivity contribution >= 4 is 17.6 Å². The second kappa shape index (κ2) is 7.97. The summed E-state index contributed by atoms with van der Waals surface area (Å²) in [6.45, 7) is -0.00589. The molecule has 1 saturated carbocycles. The van der Waals surface area contributed by atoms with Gasteiger partial charge < -0.3 is 15.3 Å². The van der Waals surface area contributed by atoms with Gasteiger partial charge in [0, 0.05) is 24.3 Å². The van der Waals surface area contributed by atoms with Crippen molar-refractivity contribution in [2.75, 3.05) is 6.61 Å². The van der Waals surface area contributed by atoms with E-state index in [1.807, 2.05) is 0 Å². The van der Waals surface area contributed by atoms with Crippen LogP contribution in [0.25, 0.3) is 0 Å². The Morgan fingerprint density at radius 2 is 1.83 bits per heavy atom. The van der Waals surface area contributed by atoms with E-state index < -0.39 is 12.1 Å². The predicted molar refractivity (Wildman–Crippen MR) is 69.7 cm³/mol. The molecular weight excluding hydrogens is 256 g/mol. The number of alkyl halides is 1. The largest absolute Gasteiger partial charge is 0.481 e. The minimum absolute atomic E-state index is 0.00589. The van der Waals surface area contributed by atoms with Gasteiger partial charge in [-0.1, -0.05) is 19.3 Å². The Hall–Kier alpha value is -0.320. The molecular formula is C13H23ClO4. The van der Waals surface area contributed by atoms with Gasteiger partial charge in [0.15, 0.2) is 0 Å². The maximum absolute atomic E-state index is 10.3. The monoisotopic (exact) mass is 278 g/mol. The number of rotatable bonds is 8. The van der Waals surface area contributed by atoms with Gasteiger partial charge in [0.2, 0.25) is 0 Å². The number of aliphatic carboxylic acids is 1. The molecule has 4 unspecified atom stereocenters. The van der Waals surface area contributed by atoms with Crippen LogP contribution in [0.1, 0.15) is 44.9 Å². The third-order valence-electron chi connectivity index (χ3n) is 3.86. The van der Waals surface area contributed by atoms with Crippen LogP contribution in [-0.2, 0) is 4.79 Å². The van der Waals surface area contributed by atoms with Crippen molar-refractivity contribution in [3.63, 3.8) is 0 Å². The molecule has 1 fully saturated rings. The SMILES string of the molecule is O=C(O)CCCCCCC1C(Cl)CC(O)C1CO. The number of halogens is 1. The van der Waals surface area contributed by atoms with E-state index in [-0.39, 0.29) is 30.2 Å². The summed E-state index contributed by atoms with van der Waals surface area (Å²) in [5.41, 5.74) is 0. The highest BCUT2D eigenvalue weighted by Crippen LogP contribution is 2.39. The summed E-state index contributed by atoms with van der Waals surface area (Å²) in [6, 6.07) is 0. The van der Waals surface area contributed by atoms with Crippen molar-refractivity contribution in [2.24, 2.45) is 11.8 Å². The standard InChI is InChI=1S/C13H23ClO4/c14-11-7-12(16)10(8-15)9(11)5-3-1-2-4-6-13(17)18/h9-12,15-16H,1-8H2,(H,17,18). The van der Waals surface area contributed by atoms with Crippen LogP contribution in [0, 0.1) is 11.8 Å². The van der Waals surface area contributed by atoms with E-state index in [1.54, 1.807) is 0 Å². The first-order valence-electron chi connectivity index (χ1n) is 6.71. The fraction of sp³-hybridized carbons (Fsp3) is 0.923. The fourth-order valence-electron chi connectivity index (χ4n) is 2.80. The minimum Gasteiger partial charge on any atom is -0.481 e. The van der Waals surface area contributed by atoms with Crippen LogP contribution in [-0.4, -0.2) is 39.4 Å². The van der Waals surface area contributed by atoms with Crippen LogP contribution in [0.3, 0.4) is 0 Å². The number of hydrogen-bond donors (Lipinski definition) is 3. The molecule has 0 aromatic rings. The van der Waals surface area contributed by atoms with E-state index in [4.69, 9.17) is 16.7 Å². The zero-order chi connectivity index (χ0) is 13.5. The average molecular weight is 279 g/mol. The van der Waals surface area contributed by atoms with Gasteiger partial charge in [-0.15, -0.1) is 11.6 Å². The number of aliphatic hydroxyl groups excluding tert-OH is 2. The topological polar surface area (TPSA) is 77.8 Å². The number of aliphatic hydroxyl groups is 2. The summed E-state index contributed by atoms with van der Waals surface area (Å²) in [5.74, 6) is -0.646. The number of carboxylic acid groups (broad SMARTS) is 1. The molecule has 5 heteroatoms. The van der Waals surface area contributed by atoms with Gasteiger partial charge in [0.1, 0.15) is 0 Å². The molecule has 1 aliphatic carbocycles. The molecule has 1 rings (SSSR count). The molecule has 4 nitrogen and oxygen atoms in total. The van der Waals surface area contributed by atoms with E-state index in [0.29, 0.717) is 6.42 Å². The summed E-state index contributed by atoms with van der Waals surface area (Å²) in [5, 5.41) is 27.4. The summed E-state index contributed by atoms with van der Waals surface area (Å²) < 4.78 is 0. The maximum atomic E-state index is 10.3. The molecule has 0 aromatic heterocycles. The number of carbonyl (C=O) groups is 1. The van der Waals surface area contributed by atoms with E-state index >= 15 is 0 Å². The van der Waals surface area contributed by atoms with E-state index in [1.165, 1.54) is 0 Å². The number of unbranched alkanes of at least 4 members (excludes halogenated alkanes) is 3. The van der Waals surface area contributed by atoms with Gasteiger partial charge in [-0.2, -0.15) is 0 Å². The van der Waals surface area contributed by atoms with Crippen molar-refractivity contribution in [3.05, 3.63) is 0 Å². The third-order valence-corrected chi connectivity index (χ3v) is 4.37. The Kier molecular flexibility index (Phi) is 6.97. The normalized spacial score (nSPS) is 31.7. The van der Waals surface area contributed by atoms with Crippen LogP contribution >= 0.6 is 11.6 Å². The molecule has 0 amide bonds. The summed E-state index contributed by atoms with van der Waals surface area (Å²) >= 11 is 6.18. The molecule has 4 atom stereocenters. The van der Waals surface area contributed by atoms with Gasteiger partial charge in [0.05, 0.1) is 6.10 Å². The van der Waals surface area contributed by atoms with E-state index in [9.17, 15) is 15.0 Å². The molecule has 0 aromatic carbocycles. The average Bonchev–Trinajstić information content (AvgIpc) is 2.57. The first-order chi connectivity index (χ1) is 8.56. The lowest BCUT2D eigenvalue weighted by atomic mass is 9.90. The molecule has 0 radical (unpaired) electrons. The van der Waals surface area contributed by atoms with Crippen LogP contribution < -0.4 is 0 Å². The second-order valence-corrected chi connectivity index (χ2v) is 5.74. The van der Waals surface area contributed by atoms with Gasteiger partial charge >= 0.3 is 5.97 Å². The number of carboxylic acids is 1. The van der Waals surface area contributed by atoms with Crippen molar-refractivity contribution in [1.29, 1.82) is 0 Å². The minimum atomic E-state index is -0.741. The highest BCUT2D eigenvalue weighted by atomic mass is 35.5. The Bertz CT molecular complexity index is 259. The number of hydrogen-bond acceptors (Lipinski definition) is 3. The van der Waals surface area contributed by atoms with Gasteiger partial charge in [-0.3, -0.25) is 4.79 Å². The quantitative estimate of drug-likeness (QED) is 0.469. The van der Waals surface area contributed by atoms with Gasteiger partial charge in [0.25, 0.3) is 0 Å². The Balaban J connectivity index is 2.16. The smallest absolute Gasteiger partial charge is 0.303 e. The van der Waals surface area contributed by atoms with Crippen LogP contribution in [0.15, 0.2) is 0 Å². The predicted octanol–water partition coefficient (Wildman–Crippen LogP) is 2.01. The summed E-state index contributed by atoms with van der Waals surface area (Å²) in [7, 11) is 0. The third kappa shape index (κ3) is 4.75. The van der Waals surface area contributed by atoms with Crippen LogP contribution in [0.5, 0.6) is 0 Å². The Morgan fingerprint density at radius 1 is 1.17 bits per heavy atom. The molecule has 0 aliphatic heterocycles. The highest BCUT2D eigenvalue weighted by Gasteiger charge is 2.40. The molecule has 0 bridgehead atoms. The van der Waals surface area contributed by atoms with Crippen molar-refractivity contribution < 1.29 is 20.1 Å². The maximum Gasteiger partial charge on any atom is 0.303 e. The zero-order valence-corrected chi connectivity index (χ0v) is 11.4. The first-order valence-corrected chi connectivity index (χ1v) is 7.14. The fourth-order valence-corrected chi connectivity index (χ4v) is 3.29. The summed E-state index contributed by atoms with van der Waals surface area (Å²) in [6.07, 6.45) is 4.83.